The molecule has 2 aromatic rings. The SMILES string of the molecule is Cc1[nH]c2c(C)c([N+](=O)[O-])ccc2c1C. The van der Waals surface area contributed by atoms with E-state index in [0.29, 0.717) is 5.56 Å². The minimum Gasteiger partial charge on any atom is -0.358 e. The van der Waals surface area contributed by atoms with Gasteiger partial charge in [0.2, 0.25) is 0 Å². The molecule has 78 valence electrons. The van der Waals surface area contributed by atoms with Crippen molar-refractivity contribution in [2.45, 2.75) is 20.8 Å². The summed E-state index contributed by atoms with van der Waals surface area (Å²) in [7, 11) is 0. The van der Waals surface area contributed by atoms with Gasteiger partial charge in [-0.1, -0.05) is 0 Å². The third-order valence-corrected chi connectivity index (χ3v) is 2.91. The molecule has 0 aliphatic rings. The van der Waals surface area contributed by atoms with Crippen LogP contribution in [0.25, 0.3) is 10.9 Å². The second-order valence-corrected chi connectivity index (χ2v) is 3.76. The standard InChI is InChI=1S/C11H12N2O2/c1-6-8(3)12-11-7(2)10(13(14)15)5-4-9(6)11/h4-5,12H,1-3H3. The first kappa shape index (κ1) is 9.71. The second kappa shape index (κ2) is 3.08. The number of hydrogen-bond acceptors (Lipinski definition) is 2. The summed E-state index contributed by atoms with van der Waals surface area (Å²) in [6.07, 6.45) is 0. The van der Waals surface area contributed by atoms with Gasteiger partial charge in [0.15, 0.2) is 0 Å². The molecule has 1 heterocycles. The number of nitro benzene ring substituents is 1. The lowest BCUT2D eigenvalue weighted by molar-refractivity contribution is -0.385. The Morgan fingerprint density at radius 2 is 1.87 bits per heavy atom. The molecule has 0 aliphatic heterocycles. The molecule has 1 aromatic heterocycles. The normalized spacial score (nSPS) is 10.9. The fourth-order valence-corrected chi connectivity index (χ4v) is 1.86. The van der Waals surface area contributed by atoms with Crippen LogP contribution in [0.2, 0.25) is 0 Å². The third-order valence-electron chi connectivity index (χ3n) is 2.91. The van der Waals surface area contributed by atoms with E-state index >= 15 is 0 Å². The van der Waals surface area contributed by atoms with Crippen LogP contribution in [-0.4, -0.2) is 9.91 Å². The first-order valence-electron chi connectivity index (χ1n) is 4.75. The monoisotopic (exact) mass is 204 g/mol. The Kier molecular flexibility index (Phi) is 2.00. The Balaban J connectivity index is 2.85. The van der Waals surface area contributed by atoms with Crippen molar-refractivity contribution in [3.8, 4) is 0 Å². The van der Waals surface area contributed by atoms with Gasteiger partial charge in [-0.2, -0.15) is 0 Å². The average Bonchev–Trinajstić information content (AvgIpc) is 2.45. The van der Waals surface area contributed by atoms with Gasteiger partial charge < -0.3 is 4.98 Å². The van der Waals surface area contributed by atoms with Crippen LogP contribution in [0.5, 0.6) is 0 Å². The Morgan fingerprint density at radius 1 is 1.20 bits per heavy atom. The van der Waals surface area contributed by atoms with Gasteiger partial charge in [-0.05, 0) is 32.4 Å². The third kappa shape index (κ3) is 1.29. The van der Waals surface area contributed by atoms with Crippen molar-refractivity contribution in [3.63, 3.8) is 0 Å². The number of H-pyrrole nitrogens is 1. The van der Waals surface area contributed by atoms with Crippen LogP contribution < -0.4 is 0 Å². The van der Waals surface area contributed by atoms with Crippen LogP contribution in [0.4, 0.5) is 5.69 Å². The van der Waals surface area contributed by atoms with Crippen molar-refractivity contribution in [3.05, 3.63) is 39.1 Å². The van der Waals surface area contributed by atoms with Gasteiger partial charge in [-0.25, -0.2) is 0 Å². The molecule has 2 rings (SSSR count). The van der Waals surface area contributed by atoms with Gasteiger partial charge >= 0.3 is 0 Å². The fourth-order valence-electron chi connectivity index (χ4n) is 1.86. The maximum Gasteiger partial charge on any atom is 0.274 e. The van der Waals surface area contributed by atoms with Crippen LogP contribution in [-0.2, 0) is 0 Å². The summed E-state index contributed by atoms with van der Waals surface area (Å²) < 4.78 is 0. The van der Waals surface area contributed by atoms with Gasteiger partial charge in [-0.15, -0.1) is 0 Å². The van der Waals surface area contributed by atoms with E-state index in [1.165, 1.54) is 0 Å². The van der Waals surface area contributed by atoms with Gasteiger partial charge in [0.05, 0.1) is 16.0 Å². The molecule has 1 aromatic carbocycles. The number of hydrogen-bond donors (Lipinski definition) is 1. The molecule has 0 aliphatic carbocycles. The van der Waals surface area contributed by atoms with E-state index in [-0.39, 0.29) is 10.6 Å². The summed E-state index contributed by atoms with van der Waals surface area (Å²) in [5.41, 5.74) is 3.97. The molecule has 0 saturated heterocycles. The average molecular weight is 204 g/mol. The van der Waals surface area contributed by atoms with Crippen molar-refractivity contribution in [2.24, 2.45) is 0 Å². The number of aromatic nitrogens is 1. The lowest BCUT2D eigenvalue weighted by Gasteiger charge is -1.98. The Hall–Kier alpha value is -1.84. The van der Waals surface area contributed by atoms with Crippen molar-refractivity contribution in [1.82, 2.24) is 4.98 Å². The highest BCUT2D eigenvalue weighted by atomic mass is 16.6. The van der Waals surface area contributed by atoms with E-state index in [1.54, 1.807) is 19.1 Å². The largest absolute Gasteiger partial charge is 0.358 e. The summed E-state index contributed by atoms with van der Waals surface area (Å²) >= 11 is 0. The summed E-state index contributed by atoms with van der Waals surface area (Å²) in [6.45, 7) is 5.76. The van der Waals surface area contributed by atoms with Gasteiger partial charge in [0, 0.05) is 17.1 Å². The predicted octanol–water partition coefficient (Wildman–Crippen LogP) is 3.00. The maximum absolute atomic E-state index is 10.7. The molecule has 4 heteroatoms. The molecule has 0 unspecified atom stereocenters. The summed E-state index contributed by atoms with van der Waals surface area (Å²) in [5, 5.41) is 11.8. The van der Waals surface area contributed by atoms with E-state index in [9.17, 15) is 10.1 Å². The van der Waals surface area contributed by atoms with Crippen LogP contribution in [0, 0.1) is 30.9 Å². The van der Waals surface area contributed by atoms with Crippen molar-refractivity contribution in [2.75, 3.05) is 0 Å². The quantitative estimate of drug-likeness (QED) is 0.573. The van der Waals surface area contributed by atoms with E-state index in [2.05, 4.69) is 4.98 Å². The molecular formula is C11H12N2O2. The van der Waals surface area contributed by atoms with Crippen LogP contribution in [0.3, 0.4) is 0 Å². The molecule has 0 spiro atoms. The van der Waals surface area contributed by atoms with Gasteiger partial charge in [0.1, 0.15) is 0 Å². The maximum atomic E-state index is 10.7. The second-order valence-electron chi connectivity index (χ2n) is 3.76. The highest BCUT2D eigenvalue weighted by Crippen LogP contribution is 2.29. The number of nitrogens with zero attached hydrogens (tertiary/aromatic N) is 1. The van der Waals surface area contributed by atoms with Crippen molar-refractivity contribution < 1.29 is 4.92 Å². The summed E-state index contributed by atoms with van der Waals surface area (Å²) in [5.74, 6) is 0. The first-order valence-corrected chi connectivity index (χ1v) is 4.75. The van der Waals surface area contributed by atoms with Gasteiger partial charge in [-0.3, -0.25) is 10.1 Å². The Bertz CT molecular complexity index is 555. The van der Waals surface area contributed by atoms with E-state index in [4.69, 9.17) is 0 Å². The number of benzene rings is 1. The highest BCUT2D eigenvalue weighted by Gasteiger charge is 2.15. The number of aromatic amines is 1. The zero-order valence-electron chi connectivity index (χ0n) is 8.92. The van der Waals surface area contributed by atoms with E-state index in [0.717, 1.165) is 22.2 Å². The highest BCUT2D eigenvalue weighted by molar-refractivity contribution is 5.89. The molecule has 15 heavy (non-hydrogen) atoms. The molecule has 0 bridgehead atoms. The molecule has 0 atom stereocenters. The van der Waals surface area contributed by atoms with E-state index in [1.807, 2.05) is 13.8 Å². The van der Waals surface area contributed by atoms with Crippen LogP contribution in [0.1, 0.15) is 16.8 Å². The number of nitro groups is 1. The summed E-state index contributed by atoms with van der Waals surface area (Å²) in [4.78, 5) is 13.6. The Labute approximate surface area is 87.1 Å². The lowest BCUT2D eigenvalue weighted by Crippen LogP contribution is -1.91. The zero-order valence-corrected chi connectivity index (χ0v) is 8.92. The first-order chi connectivity index (χ1) is 7.02. The molecule has 0 saturated carbocycles. The van der Waals surface area contributed by atoms with Crippen molar-refractivity contribution >= 4 is 16.6 Å². The molecule has 0 amide bonds. The smallest absolute Gasteiger partial charge is 0.274 e. The minimum absolute atomic E-state index is 0.170. The summed E-state index contributed by atoms with van der Waals surface area (Å²) in [6, 6.07) is 3.37. The molecular weight excluding hydrogens is 192 g/mol. The molecule has 0 fully saturated rings. The Morgan fingerprint density at radius 3 is 2.47 bits per heavy atom. The number of rotatable bonds is 1. The number of aryl methyl sites for hydroxylation is 3. The van der Waals surface area contributed by atoms with Gasteiger partial charge in [0.25, 0.3) is 5.69 Å². The number of fused-ring (bicyclic) bond motifs is 1. The molecule has 1 N–H and O–H groups in total. The predicted molar refractivity (Wildman–Crippen MR) is 59.2 cm³/mol. The molecule has 0 radical (unpaired) electrons. The van der Waals surface area contributed by atoms with Crippen LogP contribution in [0.15, 0.2) is 12.1 Å². The van der Waals surface area contributed by atoms with Crippen LogP contribution >= 0.6 is 0 Å². The fraction of sp³-hybridized carbons (Fsp3) is 0.273. The lowest BCUT2D eigenvalue weighted by atomic mass is 10.1. The van der Waals surface area contributed by atoms with Crippen molar-refractivity contribution in [1.29, 1.82) is 0 Å². The number of nitrogens with one attached hydrogen (secondary N) is 1. The minimum atomic E-state index is -0.347. The van der Waals surface area contributed by atoms with E-state index < -0.39 is 0 Å². The topological polar surface area (TPSA) is 58.9 Å². The molecule has 4 nitrogen and oxygen atoms in total. The zero-order chi connectivity index (χ0) is 11.2.